The lowest BCUT2D eigenvalue weighted by molar-refractivity contribution is -0.145. The number of hydrogen-bond donors (Lipinski definition) is 2. The number of amides is 2. The van der Waals surface area contributed by atoms with Crippen molar-refractivity contribution in [1.82, 2.24) is 20.2 Å². The smallest absolute Gasteiger partial charge is 0.330 e. The van der Waals surface area contributed by atoms with Gasteiger partial charge >= 0.3 is 5.97 Å². The molecule has 206 valence electrons. The molecule has 2 saturated carbocycles. The Labute approximate surface area is 227 Å². The zero-order valence-electron chi connectivity index (χ0n) is 22.2. The molecule has 2 fully saturated rings. The predicted molar refractivity (Wildman–Crippen MR) is 142 cm³/mol. The summed E-state index contributed by atoms with van der Waals surface area (Å²) in [5.41, 5.74) is -0.523. The number of aliphatic carboxylic acids is 1. The van der Waals surface area contributed by atoms with Crippen molar-refractivity contribution in [3.63, 3.8) is 0 Å². The first-order valence-electron chi connectivity index (χ1n) is 13.4. The first-order chi connectivity index (χ1) is 18.8. The van der Waals surface area contributed by atoms with Crippen molar-refractivity contribution in [2.75, 3.05) is 20.7 Å². The molecule has 0 saturated heterocycles. The van der Waals surface area contributed by atoms with E-state index in [4.69, 9.17) is 9.47 Å². The van der Waals surface area contributed by atoms with Crippen LogP contribution >= 0.6 is 0 Å². The fraction of sp³-hybridized carbons (Fsp3) is 0.483. The quantitative estimate of drug-likeness (QED) is 0.560. The number of ether oxygens (including phenoxy) is 2. The van der Waals surface area contributed by atoms with Crippen LogP contribution in [0, 0.1) is 17.8 Å². The van der Waals surface area contributed by atoms with Gasteiger partial charge in [-0.1, -0.05) is 42.5 Å². The van der Waals surface area contributed by atoms with Gasteiger partial charge in [-0.3, -0.25) is 9.59 Å². The van der Waals surface area contributed by atoms with Crippen LogP contribution in [-0.4, -0.2) is 70.1 Å². The van der Waals surface area contributed by atoms with Crippen LogP contribution < -0.4 is 14.8 Å². The number of carboxylic acid groups (broad SMARTS) is 1. The molecule has 0 bridgehead atoms. The van der Waals surface area contributed by atoms with E-state index in [1.807, 2.05) is 42.5 Å². The molecule has 2 N–H and O–H groups in total. The van der Waals surface area contributed by atoms with Gasteiger partial charge in [-0.25, -0.2) is 4.79 Å². The number of fused-ring (bicyclic) bond motifs is 2. The maximum atomic E-state index is 13.5. The Hall–Kier alpha value is -3.95. The van der Waals surface area contributed by atoms with Crippen molar-refractivity contribution >= 4 is 17.8 Å². The molecular weight excluding hydrogens is 500 g/mol. The van der Waals surface area contributed by atoms with Crippen LogP contribution in [0.3, 0.4) is 0 Å². The average Bonchev–Trinajstić information content (AvgIpc) is 3.48. The summed E-state index contributed by atoms with van der Waals surface area (Å²) in [6, 6.07) is 11.0. The number of hydrogen-bond acceptors (Lipinski definition) is 7. The normalized spacial score (nSPS) is 29.8. The predicted octanol–water partition coefficient (Wildman–Crippen LogP) is 3.08. The molecule has 1 aliphatic heterocycles. The number of benzene rings is 1. The number of carbonyl (C=O) groups is 3. The Kier molecular flexibility index (Phi) is 7.54. The van der Waals surface area contributed by atoms with Crippen molar-refractivity contribution in [3.8, 4) is 23.1 Å². The highest BCUT2D eigenvalue weighted by molar-refractivity contribution is 5.94. The van der Waals surface area contributed by atoms with Crippen LogP contribution in [0.1, 0.15) is 38.5 Å². The van der Waals surface area contributed by atoms with Crippen LogP contribution in [-0.2, 0) is 14.4 Å². The summed E-state index contributed by atoms with van der Waals surface area (Å²) >= 11 is 0. The number of rotatable bonds is 5. The largest absolute Gasteiger partial charge is 0.481 e. The van der Waals surface area contributed by atoms with Crippen molar-refractivity contribution in [3.05, 3.63) is 48.6 Å². The van der Waals surface area contributed by atoms with E-state index in [0.717, 1.165) is 24.8 Å². The number of carboxylic acids is 1. The van der Waals surface area contributed by atoms with Crippen molar-refractivity contribution in [1.29, 1.82) is 0 Å². The second-order valence-electron chi connectivity index (χ2n) is 10.6. The summed E-state index contributed by atoms with van der Waals surface area (Å²) in [7, 11) is 3.27. The van der Waals surface area contributed by atoms with Crippen LogP contribution in [0.4, 0.5) is 0 Å². The molecule has 0 spiro atoms. The number of methoxy groups -OCH3 is 1. The lowest BCUT2D eigenvalue weighted by Crippen LogP contribution is -2.49. The van der Waals surface area contributed by atoms with Crippen molar-refractivity contribution in [2.24, 2.45) is 17.8 Å². The molecular formula is C29H34N4O6. The molecule has 5 atom stereocenters. The average molecular weight is 535 g/mol. The van der Waals surface area contributed by atoms with E-state index in [9.17, 15) is 19.5 Å². The zero-order chi connectivity index (χ0) is 27.6. The Balaban J connectivity index is 1.40. The van der Waals surface area contributed by atoms with E-state index >= 15 is 0 Å². The second-order valence-corrected chi connectivity index (χ2v) is 10.6. The van der Waals surface area contributed by atoms with E-state index in [0.29, 0.717) is 31.1 Å². The third-order valence-electron chi connectivity index (χ3n) is 7.98. The van der Waals surface area contributed by atoms with Gasteiger partial charge in [-0.15, -0.1) is 0 Å². The lowest BCUT2D eigenvalue weighted by Gasteiger charge is -2.26. The summed E-state index contributed by atoms with van der Waals surface area (Å²) in [6.07, 6.45) is 6.86. The summed E-state index contributed by atoms with van der Waals surface area (Å²) in [6.45, 7) is 0.592. The summed E-state index contributed by atoms with van der Waals surface area (Å²) in [5.74, 6) is -2.14. The van der Waals surface area contributed by atoms with Crippen molar-refractivity contribution < 1.29 is 29.0 Å². The van der Waals surface area contributed by atoms with Gasteiger partial charge in [0.2, 0.25) is 23.6 Å². The molecule has 1 aromatic carbocycles. The topological polar surface area (TPSA) is 131 Å². The summed E-state index contributed by atoms with van der Waals surface area (Å²) < 4.78 is 11.6. The van der Waals surface area contributed by atoms with Gasteiger partial charge in [0.05, 0.1) is 25.0 Å². The minimum Gasteiger partial charge on any atom is -0.481 e. The van der Waals surface area contributed by atoms with Gasteiger partial charge in [0.1, 0.15) is 11.6 Å². The monoisotopic (exact) mass is 534 g/mol. The highest BCUT2D eigenvalue weighted by atomic mass is 16.5. The fourth-order valence-corrected chi connectivity index (χ4v) is 5.65. The second kappa shape index (κ2) is 11.0. The molecule has 3 aliphatic rings. The van der Waals surface area contributed by atoms with Gasteiger partial charge in [0, 0.05) is 25.1 Å². The zero-order valence-corrected chi connectivity index (χ0v) is 22.2. The van der Waals surface area contributed by atoms with Crippen LogP contribution in [0.15, 0.2) is 48.6 Å². The highest BCUT2D eigenvalue weighted by Gasteiger charge is 2.61. The Morgan fingerprint density at radius 3 is 2.59 bits per heavy atom. The molecule has 2 amide bonds. The van der Waals surface area contributed by atoms with E-state index in [2.05, 4.69) is 15.3 Å². The Bertz CT molecular complexity index is 1270. The third-order valence-corrected chi connectivity index (χ3v) is 7.98. The Morgan fingerprint density at radius 1 is 1.10 bits per heavy atom. The molecule has 1 aromatic heterocycles. The van der Waals surface area contributed by atoms with Crippen LogP contribution in [0.2, 0.25) is 0 Å². The number of carbonyl (C=O) groups excluding carboxylic acids is 2. The summed E-state index contributed by atoms with van der Waals surface area (Å²) in [5, 5.41) is 12.7. The minimum absolute atomic E-state index is 0.129. The molecule has 10 heteroatoms. The maximum Gasteiger partial charge on any atom is 0.330 e. The van der Waals surface area contributed by atoms with Gasteiger partial charge in [0.25, 0.3) is 0 Å². The SMILES string of the molecule is COc1cc(OC2CC3C(=O)NC4(C(=O)O)CC4/C=C/CCCCN(C)C(=O)C3C2)nc(-c2ccccc2)n1. The van der Waals surface area contributed by atoms with Crippen LogP contribution in [0.25, 0.3) is 11.4 Å². The van der Waals surface area contributed by atoms with Crippen LogP contribution in [0.5, 0.6) is 11.8 Å². The third kappa shape index (κ3) is 5.60. The lowest BCUT2D eigenvalue weighted by atomic mass is 9.93. The number of aromatic nitrogens is 2. The molecule has 10 nitrogen and oxygen atoms in total. The molecule has 2 heterocycles. The highest BCUT2D eigenvalue weighted by Crippen LogP contribution is 2.46. The molecule has 2 aliphatic carbocycles. The van der Waals surface area contributed by atoms with E-state index in [-0.39, 0.29) is 24.1 Å². The molecule has 5 unspecified atom stereocenters. The molecule has 2 aromatic rings. The van der Waals surface area contributed by atoms with E-state index < -0.39 is 35.4 Å². The number of nitrogens with one attached hydrogen (secondary N) is 1. The first kappa shape index (κ1) is 26.6. The van der Waals surface area contributed by atoms with Gasteiger partial charge in [0.15, 0.2) is 5.82 Å². The first-order valence-corrected chi connectivity index (χ1v) is 13.4. The number of nitrogens with zero attached hydrogens (tertiary/aromatic N) is 3. The Morgan fingerprint density at radius 2 is 1.85 bits per heavy atom. The molecule has 0 radical (unpaired) electrons. The van der Waals surface area contributed by atoms with Crippen molar-refractivity contribution in [2.45, 2.75) is 50.2 Å². The summed E-state index contributed by atoms with van der Waals surface area (Å²) in [4.78, 5) is 49.8. The van der Waals surface area contributed by atoms with Gasteiger partial charge < -0.3 is 24.8 Å². The van der Waals surface area contributed by atoms with Gasteiger partial charge in [-0.05, 0) is 38.5 Å². The maximum absolute atomic E-state index is 13.5. The molecule has 39 heavy (non-hydrogen) atoms. The minimum atomic E-state index is -1.32. The fourth-order valence-electron chi connectivity index (χ4n) is 5.65. The van der Waals surface area contributed by atoms with Gasteiger partial charge in [-0.2, -0.15) is 9.97 Å². The van der Waals surface area contributed by atoms with E-state index in [1.165, 1.54) is 7.11 Å². The standard InChI is InChI=1S/C29H34N4O6/c1-33-13-9-4-3-8-12-19-17-29(19,28(36)37)32-26(34)21-14-20(15-22(21)27(33)35)39-24-16-23(38-2)30-25(31-24)18-10-6-5-7-11-18/h5-8,10-12,16,19-22H,3-4,9,13-15,17H2,1-2H3,(H,32,34)(H,36,37)/b12-8+. The number of allylic oxidation sites excluding steroid dienone is 1. The molecule has 5 rings (SSSR count). The van der Waals surface area contributed by atoms with E-state index in [1.54, 1.807) is 18.0 Å².